The number of carbonyl (C=O) groups excluding carboxylic acids is 1. The second kappa shape index (κ2) is 9.19. The van der Waals surface area contributed by atoms with Gasteiger partial charge in [0.15, 0.2) is 11.6 Å². The Morgan fingerprint density at radius 1 is 1.03 bits per heavy atom. The molecule has 1 heterocycles. The molecule has 3 rings (SSSR count). The Morgan fingerprint density at radius 3 is 2.48 bits per heavy atom. The number of aryl methyl sites for hydroxylation is 1. The number of benzene rings is 2. The zero-order valence-corrected chi connectivity index (χ0v) is 17.5. The molecule has 0 atom stereocenters. The molecule has 3 aromatic rings. The monoisotopic (exact) mass is 447 g/mol. The van der Waals surface area contributed by atoms with Crippen LogP contribution in [0.2, 0.25) is 0 Å². The van der Waals surface area contributed by atoms with Crippen LogP contribution >= 0.6 is 0 Å². The third-order valence-corrected chi connectivity index (χ3v) is 5.70. The number of carbonyl (C=O) groups is 1. The van der Waals surface area contributed by atoms with E-state index in [0.29, 0.717) is 16.9 Å². The van der Waals surface area contributed by atoms with Gasteiger partial charge in [0.1, 0.15) is 11.5 Å². The van der Waals surface area contributed by atoms with Gasteiger partial charge in [0.05, 0.1) is 17.1 Å². The Balaban J connectivity index is 1.74. The number of nitrogens with one attached hydrogen (secondary N) is 2. The SMILES string of the molecule is CC(=O)Nc1ccc(C)c(S(=O)(=O)NCc2cc(Oc3ccc(F)c(F)c3)ccn2)c1. The van der Waals surface area contributed by atoms with E-state index in [4.69, 9.17) is 4.74 Å². The van der Waals surface area contributed by atoms with Gasteiger partial charge in [-0.3, -0.25) is 9.78 Å². The highest BCUT2D eigenvalue weighted by Gasteiger charge is 2.18. The van der Waals surface area contributed by atoms with Crippen molar-refractivity contribution < 1.29 is 26.7 Å². The van der Waals surface area contributed by atoms with Crippen LogP contribution in [0.3, 0.4) is 0 Å². The lowest BCUT2D eigenvalue weighted by molar-refractivity contribution is -0.114. The van der Waals surface area contributed by atoms with E-state index in [1.54, 1.807) is 19.1 Å². The Bertz CT molecular complexity index is 1230. The van der Waals surface area contributed by atoms with Crippen molar-refractivity contribution in [1.29, 1.82) is 0 Å². The lowest BCUT2D eigenvalue weighted by Crippen LogP contribution is -2.24. The number of sulfonamides is 1. The molecular formula is C21H19F2N3O4S. The van der Waals surface area contributed by atoms with Gasteiger partial charge < -0.3 is 10.1 Å². The highest BCUT2D eigenvalue weighted by atomic mass is 32.2. The number of amides is 1. The Kier molecular flexibility index (Phi) is 6.62. The van der Waals surface area contributed by atoms with Gasteiger partial charge in [-0.1, -0.05) is 6.07 Å². The topological polar surface area (TPSA) is 97.4 Å². The minimum Gasteiger partial charge on any atom is -0.457 e. The quantitative estimate of drug-likeness (QED) is 0.573. The molecule has 0 fully saturated rings. The summed E-state index contributed by atoms with van der Waals surface area (Å²) in [5, 5.41) is 2.55. The number of nitrogens with zero attached hydrogens (tertiary/aromatic N) is 1. The normalized spacial score (nSPS) is 11.2. The first-order valence-electron chi connectivity index (χ1n) is 9.10. The molecule has 0 spiro atoms. The van der Waals surface area contributed by atoms with Crippen molar-refractivity contribution in [3.8, 4) is 11.5 Å². The van der Waals surface area contributed by atoms with Gasteiger partial charge >= 0.3 is 0 Å². The van der Waals surface area contributed by atoms with E-state index in [1.807, 2.05) is 0 Å². The summed E-state index contributed by atoms with van der Waals surface area (Å²) in [5.74, 6) is -1.99. The minimum absolute atomic E-state index is 0.0212. The van der Waals surface area contributed by atoms with Crippen molar-refractivity contribution in [2.75, 3.05) is 5.32 Å². The van der Waals surface area contributed by atoms with Gasteiger partial charge in [0.2, 0.25) is 15.9 Å². The van der Waals surface area contributed by atoms with E-state index in [1.165, 1.54) is 37.4 Å². The van der Waals surface area contributed by atoms with Crippen LogP contribution in [0.5, 0.6) is 11.5 Å². The lowest BCUT2D eigenvalue weighted by atomic mass is 10.2. The number of halogens is 2. The lowest BCUT2D eigenvalue weighted by Gasteiger charge is -2.12. The van der Waals surface area contributed by atoms with E-state index in [0.717, 1.165) is 12.1 Å². The molecule has 1 aromatic heterocycles. The van der Waals surface area contributed by atoms with Crippen molar-refractivity contribution in [2.24, 2.45) is 0 Å². The first-order chi connectivity index (χ1) is 14.6. The molecule has 162 valence electrons. The zero-order chi connectivity index (χ0) is 22.6. The van der Waals surface area contributed by atoms with E-state index < -0.39 is 21.7 Å². The predicted octanol–water partition coefficient (Wildman–Crippen LogP) is 3.90. The summed E-state index contributed by atoms with van der Waals surface area (Å²) >= 11 is 0. The molecular weight excluding hydrogens is 428 g/mol. The summed E-state index contributed by atoms with van der Waals surface area (Å²) in [6, 6.07) is 10.7. The highest BCUT2D eigenvalue weighted by Crippen LogP contribution is 2.24. The maximum atomic E-state index is 13.3. The molecule has 0 aliphatic rings. The first kappa shape index (κ1) is 22.3. The van der Waals surface area contributed by atoms with Crippen molar-refractivity contribution in [3.63, 3.8) is 0 Å². The summed E-state index contributed by atoms with van der Waals surface area (Å²) in [7, 11) is -3.90. The maximum absolute atomic E-state index is 13.3. The van der Waals surface area contributed by atoms with E-state index in [2.05, 4.69) is 15.0 Å². The standard InChI is InChI=1S/C21H19F2N3O4S/c1-13-3-4-15(26-14(2)27)10-21(13)31(28,29)25-12-16-9-18(7-8-24-16)30-17-5-6-19(22)20(23)11-17/h3-11,25H,12H2,1-2H3,(H,26,27). The van der Waals surface area contributed by atoms with E-state index in [9.17, 15) is 22.0 Å². The average molecular weight is 447 g/mol. The Morgan fingerprint density at radius 2 is 1.77 bits per heavy atom. The third-order valence-electron chi connectivity index (χ3n) is 4.16. The van der Waals surface area contributed by atoms with Crippen molar-refractivity contribution >= 4 is 21.6 Å². The average Bonchev–Trinajstić information content (AvgIpc) is 2.71. The van der Waals surface area contributed by atoms with Crippen molar-refractivity contribution in [3.05, 3.63) is 77.6 Å². The van der Waals surface area contributed by atoms with Gasteiger partial charge in [-0.25, -0.2) is 21.9 Å². The molecule has 0 radical (unpaired) electrons. The van der Waals surface area contributed by atoms with Crippen LogP contribution in [0.25, 0.3) is 0 Å². The molecule has 0 bridgehead atoms. The van der Waals surface area contributed by atoms with Gasteiger partial charge in [0.25, 0.3) is 0 Å². The van der Waals surface area contributed by atoms with Crippen LogP contribution in [0, 0.1) is 18.6 Å². The van der Waals surface area contributed by atoms with Gasteiger partial charge in [-0.05, 0) is 42.8 Å². The number of aromatic nitrogens is 1. The third kappa shape index (κ3) is 5.83. The van der Waals surface area contributed by atoms with Crippen LogP contribution in [-0.4, -0.2) is 19.3 Å². The number of pyridine rings is 1. The summed E-state index contributed by atoms with van der Waals surface area (Å²) in [5.41, 5.74) is 1.21. The summed E-state index contributed by atoms with van der Waals surface area (Å²) < 4.78 is 59.8. The number of hydrogen-bond acceptors (Lipinski definition) is 5. The molecule has 0 aliphatic heterocycles. The van der Waals surface area contributed by atoms with Crippen molar-refractivity contribution in [2.45, 2.75) is 25.3 Å². The van der Waals surface area contributed by atoms with Gasteiger partial charge in [-0.2, -0.15) is 0 Å². The molecule has 2 aromatic carbocycles. The molecule has 7 nitrogen and oxygen atoms in total. The fourth-order valence-electron chi connectivity index (χ4n) is 2.71. The van der Waals surface area contributed by atoms with Gasteiger partial charge in [-0.15, -0.1) is 0 Å². The smallest absolute Gasteiger partial charge is 0.241 e. The minimum atomic E-state index is -3.90. The van der Waals surface area contributed by atoms with Crippen LogP contribution in [0.1, 0.15) is 18.2 Å². The first-order valence-corrected chi connectivity index (χ1v) is 10.6. The largest absolute Gasteiger partial charge is 0.457 e. The van der Waals surface area contributed by atoms with Crippen LogP contribution in [0.4, 0.5) is 14.5 Å². The maximum Gasteiger partial charge on any atom is 0.241 e. The summed E-state index contributed by atoms with van der Waals surface area (Å²) in [6.45, 7) is 2.83. The fourth-order valence-corrected chi connectivity index (χ4v) is 3.98. The highest BCUT2D eigenvalue weighted by molar-refractivity contribution is 7.89. The molecule has 0 unspecified atom stereocenters. The number of hydrogen-bond donors (Lipinski definition) is 2. The van der Waals surface area contributed by atoms with E-state index in [-0.39, 0.29) is 28.8 Å². The van der Waals surface area contributed by atoms with Crippen LogP contribution in [-0.2, 0) is 21.4 Å². The Labute approximate surface area is 178 Å². The van der Waals surface area contributed by atoms with E-state index >= 15 is 0 Å². The summed E-state index contributed by atoms with van der Waals surface area (Å²) in [6.07, 6.45) is 1.40. The second-order valence-corrected chi connectivity index (χ2v) is 8.38. The molecule has 1 amide bonds. The predicted molar refractivity (Wildman–Crippen MR) is 110 cm³/mol. The molecule has 0 aliphatic carbocycles. The second-order valence-electron chi connectivity index (χ2n) is 6.65. The molecule has 31 heavy (non-hydrogen) atoms. The molecule has 0 saturated carbocycles. The molecule has 2 N–H and O–H groups in total. The number of rotatable bonds is 7. The Hall–Kier alpha value is -3.37. The van der Waals surface area contributed by atoms with Crippen LogP contribution in [0.15, 0.2) is 59.6 Å². The number of ether oxygens (including phenoxy) is 1. The number of anilines is 1. The van der Waals surface area contributed by atoms with Crippen LogP contribution < -0.4 is 14.8 Å². The zero-order valence-electron chi connectivity index (χ0n) is 16.6. The summed E-state index contributed by atoms with van der Waals surface area (Å²) in [4.78, 5) is 15.3. The van der Waals surface area contributed by atoms with Gasteiger partial charge in [0, 0.05) is 30.9 Å². The molecule has 10 heteroatoms. The molecule has 0 saturated heterocycles. The van der Waals surface area contributed by atoms with Crippen molar-refractivity contribution in [1.82, 2.24) is 9.71 Å². The fraction of sp³-hybridized carbons (Fsp3) is 0.143.